The van der Waals surface area contributed by atoms with Crippen molar-refractivity contribution in [2.24, 2.45) is 5.92 Å². The molecule has 1 atom stereocenters. The van der Waals surface area contributed by atoms with Crippen LogP contribution in [-0.2, 0) is 9.53 Å². The highest BCUT2D eigenvalue weighted by atomic mass is 16.5. The van der Waals surface area contributed by atoms with E-state index in [1.54, 1.807) is 36.3 Å². The van der Waals surface area contributed by atoms with E-state index < -0.39 is 11.9 Å². The van der Waals surface area contributed by atoms with Crippen molar-refractivity contribution in [2.45, 2.75) is 25.7 Å². The van der Waals surface area contributed by atoms with E-state index in [1.165, 1.54) is 0 Å². The molecule has 1 aliphatic rings. The molecule has 0 aliphatic carbocycles. The predicted molar refractivity (Wildman–Crippen MR) is 87.4 cm³/mol. The zero-order valence-electron chi connectivity index (χ0n) is 13.9. The summed E-state index contributed by atoms with van der Waals surface area (Å²) in [6.45, 7) is 1.47. The van der Waals surface area contributed by atoms with E-state index in [0.29, 0.717) is 24.4 Å². The Kier molecular flexibility index (Phi) is 6.62. The molecule has 1 aromatic carbocycles. The minimum Gasteiger partial charge on any atom is -0.497 e. The lowest BCUT2D eigenvalue weighted by atomic mass is 10.0. The Bertz CT molecular complexity index is 600. The lowest BCUT2D eigenvalue weighted by molar-refractivity contribution is -0.135. The molecule has 1 unspecified atom stereocenters. The number of methoxy groups -OCH3 is 1. The summed E-state index contributed by atoms with van der Waals surface area (Å²) in [6.07, 6.45) is 3.31. The fourth-order valence-corrected chi connectivity index (χ4v) is 2.66. The number of nitrogens with zero attached hydrogens (tertiary/aromatic N) is 2. The van der Waals surface area contributed by atoms with Crippen molar-refractivity contribution in [1.82, 2.24) is 4.90 Å². The third-order valence-electron chi connectivity index (χ3n) is 4.09. The van der Waals surface area contributed by atoms with E-state index in [-0.39, 0.29) is 18.9 Å². The first-order valence-corrected chi connectivity index (χ1v) is 8.15. The summed E-state index contributed by atoms with van der Waals surface area (Å²) >= 11 is 0. The number of esters is 1. The quantitative estimate of drug-likeness (QED) is 0.748. The maximum absolute atomic E-state index is 12.3. The standard InChI is InChI=1S/C18H22N2O4/c1-23-16-7-5-14(6-8-16)18(22)24-12-9-15(13-19)17(21)20-10-3-2-4-11-20/h5-8,15H,2-4,9-12H2,1H3. The molecule has 6 nitrogen and oxygen atoms in total. The molecule has 2 rings (SSSR count). The van der Waals surface area contributed by atoms with Crippen LogP contribution in [-0.4, -0.2) is 43.6 Å². The minimum absolute atomic E-state index is 0.0443. The van der Waals surface area contributed by atoms with Crippen molar-refractivity contribution in [2.75, 3.05) is 26.8 Å². The first-order valence-electron chi connectivity index (χ1n) is 8.15. The largest absolute Gasteiger partial charge is 0.497 e. The third-order valence-corrected chi connectivity index (χ3v) is 4.09. The van der Waals surface area contributed by atoms with E-state index in [0.717, 1.165) is 19.3 Å². The lowest BCUT2D eigenvalue weighted by Crippen LogP contribution is -2.39. The van der Waals surface area contributed by atoms with Gasteiger partial charge in [-0.15, -0.1) is 0 Å². The van der Waals surface area contributed by atoms with Gasteiger partial charge in [-0.3, -0.25) is 4.79 Å². The lowest BCUT2D eigenvalue weighted by Gasteiger charge is -2.28. The van der Waals surface area contributed by atoms with E-state index in [9.17, 15) is 14.9 Å². The highest BCUT2D eigenvalue weighted by Gasteiger charge is 2.25. The van der Waals surface area contributed by atoms with Crippen molar-refractivity contribution in [3.05, 3.63) is 29.8 Å². The average Bonchev–Trinajstić information content (AvgIpc) is 2.65. The summed E-state index contributed by atoms with van der Waals surface area (Å²) in [7, 11) is 1.55. The molecule has 6 heteroatoms. The van der Waals surface area contributed by atoms with Crippen LogP contribution in [0.2, 0.25) is 0 Å². The number of hydrogen-bond acceptors (Lipinski definition) is 5. The zero-order valence-corrected chi connectivity index (χ0v) is 13.9. The summed E-state index contributed by atoms with van der Waals surface area (Å²) in [5.74, 6) is -0.729. The Labute approximate surface area is 142 Å². The summed E-state index contributed by atoms with van der Waals surface area (Å²) < 4.78 is 10.2. The Morgan fingerprint density at radius 2 is 1.88 bits per heavy atom. The van der Waals surface area contributed by atoms with Gasteiger partial charge < -0.3 is 14.4 Å². The van der Waals surface area contributed by atoms with Crippen molar-refractivity contribution in [1.29, 1.82) is 5.26 Å². The first-order chi connectivity index (χ1) is 11.7. The number of carbonyl (C=O) groups is 2. The first kappa shape index (κ1) is 17.8. The molecular weight excluding hydrogens is 308 g/mol. The number of likely N-dealkylation sites (tertiary alicyclic amines) is 1. The van der Waals surface area contributed by atoms with E-state index in [4.69, 9.17) is 9.47 Å². The van der Waals surface area contributed by atoms with Gasteiger partial charge in [-0.25, -0.2) is 4.79 Å². The van der Waals surface area contributed by atoms with Crippen LogP contribution in [0.4, 0.5) is 0 Å². The van der Waals surface area contributed by atoms with Crippen LogP contribution in [0, 0.1) is 17.2 Å². The molecule has 128 valence electrons. The summed E-state index contributed by atoms with van der Waals surface area (Å²) in [6, 6.07) is 8.60. The molecular formula is C18H22N2O4. The van der Waals surface area contributed by atoms with Crippen molar-refractivity contribution in [3.8, 4) is 11.8 Å². The molecule has 0 spiro atoms. The van der Waals surface area contributed by atoms with Crippen molar-refractivity contribution < 1.29 is 19.1 Å². The monoisotopic (exact) mass is 330 g/mol. The Morgan fingerprint density at radius 3 is 2.46 bits per heavy atom. The number of piperidine rings is 1. The molecule has 24 heavy (non-hydrogen) atoms. The molecule has 1 fully saturated rings. The number of nitriles is 1. The van der Waals surface area contributed by atoms with Crippen LogP contribution in [0.5, 0.6) is 5.75 Å². The molecule has 1 aromatic rings. The van der Waals surface area contributed by atoms with Crippen LogP contribution in [0.3, 0.4) is 0 Å². The van der Waals surface area contributed by atoms with Crippen LogP contribution in [0.15, 0.2) is 24.3 Å². The normalized spacial score (nSPS) is 15.2. The maximum atomic E-state index is 12.3. The number of amides is 1. The highest BCUT2D eigenvalue weighted by Crippen LogP contribution is 2.15. The molecule has 0 aromatic heterocycles. The topological polar surface area (TPSA) is 79.6 Å². The van der Waals surface area contributed by atoms with Gasteiger partial charge in [0.15, 0.2) is 0 Å². The number of rotatable bonds is 6. The molecule has 0 saturated carbocycles. The molecule has 1 amide bonds. The number of benzene rings is 1. The summed E-state index contributed by atoms with van der Waals surface area (Å²) in [5.41, 5.74) is 0.409. The third kappa shape index (κ3) is 4.72. The second kappa shape index (κ2) is 8.92. The van der Waals surface area contributed by atoms with Gasteiger partial charge in [0, 0.05) is 19.5 Å². The van der Waals surface area contributed by atoms with E-state index in [1.807, 2.05) is 6.07 Å². The zero-order chi connectivity index (χ0) is 17.4. The Hall–Kier alpha value is -2.55. The second-order valence-electron chi connectivity index (χ2n) is 5.72. The van der Waals surface area contributed by atoms with Gasteiger partial charge in [-0.1, -0.05) is 0 Å². The minimum atomic E-state index is -0.758. The highest BCUT2D eigenvalue weighted by molar-refractivity contribution is 5.89. The van der Waals surface area contributed by atoms with Crippen LogP contribution in [0.25, 0.3) is 0 Å². The Morgan fingerprint density at radius 1 is 1.21 bits per heavy atom. The van der Waals surface area contributed by atoms with Gasteiger partial charge in [0.1, 0.15) is 11.7 Å². The SMILES string of the molecule is COc1ccc(C(=O)OCCC(C#N)C(=O)N2CCCCC2)cc1. The smallest absolute Gasteiger partial charge is 0.338 e. The van der Waals surface area contributed by atoms with Gasteiger partial charge in [-0.2, -0.15) is 5.26 Å². The molecule has 0 radical (unpaired) electrons. The average molecular weight is 330 g/mol. The molecule has 1 saturated heterocycles. The van der Waals surface area contributed by atoms with Crippen LogP contribution < -0.4 is 4.74 Å². The van der Waals surface area contributed by atoms with Crippen LogP contribution >= 0.6 is 0 Å². The number of hydrogen-bond donors (Lipinski definition) is 0. The van der Waals surface area contributed by atoms with Gasteiger partial charge in [-0.05, 0) is 43.5 Å². The van der Waals surface area contributed by atoms with Gasteiger partial charge in [0.2, 0.25) is 5.91 Å². The van der Waals surface area contributed by atoms with Crippen LogP contribution in [0.1, 0.15) is 36.0 Å². The molecule has 1 aliphatic heterocycles. The molecule has 1 heterocycles. The van der Waals surface area contributed by atoms with E-state index >= 15 is 0 Å². The summed E-state index contributed by atoms with van der Waals surface area (Å²) in [4.78, 5) is 26.0. The maximum Gasteiger partial charge on any atom is 0.338 e. The number of ether oxygens (including phenoxy) is 2. The molecule has 0 bridgehead atoms. The molecule has 0 N–H and O–H groups in total. The van der Waals surface area contributed by atoms with Crippen molar-refractivity contribution >= 4 is 11.9 Å². The second-order valence-corrected chi connectivity index (χ2v) is 5.72. The summed E-state index contributed by atoms with van der Waals surface area (Å²) in [5, 5.41) is 9.22. The van der Waals surface area contributed by atoms with Gasteiger partial charge in [0.25, 0.3) is 0 Å². The van der Waals surface area contributed by atoms with E-state index in [2.05, 4.69) is 0 Å². The fraction of sp³-hybridized carbons (Fsp3) is 0.500. The van der Waals surface area contributed by atoms with Crippen molar-refractivity contribution in [3.63, 3.8) is 0 Å². The van der Waals surface area contributed by atoms with Gasteiger partial charge in [0.05, 0.1) is 25.3 Å². The Balaban J connectivity index is 1.81. The number of carbonyl (C=O) groups excluding carboxylic acids is 2. The fourth-order valence-electron chi connectivity index (χ4n) is 2.66. The van der Waals surface area contributed by atoms with Gasteiger partial charge >= 0.3 is 5.97 Å². The predicted octanol–water partition coefficient (Wildman–Crippen LogP) is 2.39.